The van der Waals surface area contributed by atoms with Crippen LogP contribution in [0.2, 0.25) is 0 Å². The molecule has 9 atom stereocenters. The van der Waals surface area contributed by atoms with E-state index in [0.717, 1.165) is 69.5 Å². The second-order valence-corrected chi connectivity index (χ2v) is 14.6. The molecule has 8 aliphatic rings. The molecule has 2 aromatic carbocycles. The minimum absolute atomic E-state index is 0.0729. The number of aliphatic hydroxyl groups is 1. The zero-order valence-electron chi connectivity index (χ0n) is 25.3. The number of hydrogen-bond acceptors (Lipinski definition) is 8. The molecule has 43 heavy (non-hydrogen) atoms. The van der Waals surface area contributed by atoms with Gasteiger partial charge >= 0.3 is 0 Å². The van der Waals surface area contributed by atoms with Crippen molar-refractivity contribution in [2.24, 2.45) is 11.8 Å². The third kappa shape index (κ3) is 3.15. The third-order valence-corrected chi connectivity index (χ3v) is 13.2. The van der Waals surface area contributed by atoms with E-state index in [9.17, 15) is 15.0 Å². The summed E-state index contributed by atoms with van der Waals surface area (Å²) in [6.45, 7) is 2.09. The smallest absolute Gasteiger partial charge is 0.174 e. The van der Waals surface area contributed by atoms with Crippen molar-refractivity contribution in [3.63, 3.8) is 0 Å². The Kier molecular flexibility index (Phi) is 5.49. The van der Waals surface area contributed by atoms with Crippen LogP contribution in [0.3, 0.4) is 0 Å². The average Bonchev–Trinajstić information content (AvgIpc) is 3.55. The Bertz CT molecular complexity index is 1540. The number of benzene rings is 2. The first kappa shape index (κ1) is 26.6. The number of aromatic hydroxyl groups is 1. The maximum atomic E-state index is 12.6. The number of ether oxygens (including phenoxy) is 3. The lowest BCUT2D eigenvalue weighted by molar-refractivity contribution is -0.138. The van der Waals surface area contributed by atoms with Gasteiger partial charge in [0.1, 0.15) is 6.10 Å². The number of aliphatic hydroxyl groups excluding tert-OH is 1. The van der Waals surface area contributed by atoms with Crippen LogP contribution in [0, 0.1) is 11.8 Å². The number of Topliss-reactive ketones (excluding diaryl/α,β-unsaturated/α-hetero) is 1. The van der Waals surface area contributed by atoms with Crippen molar-refractivity contribution in [1.82, 2.24) is 9.80 Å². The number of piperidine rings is 2. The Hall–Kier alpha value is -2.81. The van der Waals surface area contributed by atoms with Crippen LogP contribution in [0.5, 0.6) is 23.0 Å². The van der Waals surface area contributed by atoms with Gasteiger partial charge in [-0.3, -0.25) is 4.79 Å². The lowest BCUT2D eigenvalue weighted by atomic mass is 9.51. The second kappa shape index (κ2) is 8.89. The van der Waals surface area contributed by atoms with Gasteiger partial charge in [0.15, 0.2) is 34.9 Å². The number of likely N-dealkylation sites (tertiary alicyclic amines) is 2. The summed E-state index contributed by atoms with van der Waals surface area (Å²) in [6.07, 6.45) is 6.82. The van der Waals surface area contributed by atoms with Gasteiger partial charge in [-0.05, 0) is 107 Å². The molecule has 8 nitrogen and oxygen atoms in total. The lowest BCUT2D eigenvalue weighted by Crippen LogP contribution is -2.66. The highest BCUT2D eigenvalue weighted by atomic mass is 16.5. The molecule has 4 aliphatic carbocycles. The van der Waals surface area contributed by atoms with Gasteiger partial charge in [0.05, 0.1) is 13.2 Å². The van der Waals surface area contributed by atoms with Crippen LogP contribution in [-0.4, -0.2) is 90.5 Å². The van der Waals surface area contributed by atoms with Crippen molar-refractivity contribution in [3.8, 4) is 23.0 Å². The largest absolute Gasteiger partial charge is 0.504 e. The number of carbonyl (C=O) groups is 1. The Morgan fingerprint density at radius 3 is 2.23 bits per heavy atom. The monoisotopic (exact) mass is 586 g/mol. The number of methoxy groups -OCH3 is 1. The average molecular weight is 587 g/mol. The van der Waals surface area contributed by atoms with Crippen molar-refractivity contribution in [2.75, 3.05) is 34.3 Å². The van der Waals surface area contributed by atoms with Gasteiger partial charge in [-0.15, -0.1) is 0 Å². The molecule has 2 aromatic rings. The van der Waals surface area contributed by atoms with Crippen molar-refractivity contribution in [1.29, 1.82) is 0 Å². The van der Waals surface area contributed by atoms with E-state index >= 15 is 0 Å². The van der Waals surface area contributed by atoms with Crippen LogP contribution in [0.4, 0.5) is 0 Å². The van der Waals surface area contributed by atoms with Crippen LogP contribution in [-0.2, 0) is 28.5 Å². The normalized spacial score (nSPS) is 40.8. The standard InChI is InChI=1S/C18H21NO3.C17H21NO3/c1-19-8-7-18-11-4-5-13(20)17(18)22-16-14(21-2)6-3-10(15(16)18)9-12(11)19;1-18-7-6-17-10-3-5-13(20)16(17)21-15-12(19)4-2-9(14(15)17)8-11(10)18/h3,6,11-12,17H,4-5,7-9H2,1-2H3;2,4,10-11,13,16,19-20H,3,5-8H2,1H3/t11-,12+,17-,18-;10-,11+,13-,16-,17-/m00/s1. The first-order valence-corrected chi connectivity index (χ1v) is 16.3. The summed E-state index contributed by atoms with van der Waals surface area (Å²) >= 11 is 0. The Morgan fingerprint density at radius 1 is 0.860 bits per heavy atom. The third-order valence-electron chi connectivity index (χ3n) is 13.2. The molecule has 4 heterocycles. The molecule has 4 aliphatic heterocycles. The van der Waals surface area contributed by atoms with Gasteiger partial charge in [-0.1, -0.05) is 12.1 Å². The zero-order valence-corrected chi connectivity index (χ0v) is 25.3. The summed E-state index contributed by atoms with van der Waals surface area (Å²) in [5.41, 5.74) is 5.04. The number of hydrogen-bond donors (Lipinski definition) is 2. The molecule has 0 radical (unpaired) electrons. The summed E-state index contributed by atoms with van der Waals surface area (Å²) in [4.78, 5) is 17.6. The molecule has 4 bridgehead atoms. The summed E-state index contributed by atoms with van der Waals surface area (Å²) in [7, 11) is 6.13. The van der Waals surface area contributed by atoms with E-state index < -0.39 is 6.10 Å². The molecule has 8 heteroatoms. The van der Waals surface area contributed by atoms with Crippen molar-refractivity contribution < 1.29 is 29.2 Å². The predicted molar refractivity (Wildman–Crippen MR) is 159 cm³/mol. The minimum atomic E-state index is -0.414. The van der Waals surface area contributed by atoms with Gasteiger partial charge in [0.2, 0.25) is 0 Å². The fraction of sp³-hybridized carbons (Fsp3) is 0.629. The molecule has 10 rings (SSSR count). The van der Waals surface area contributed by atoms with E-state index in [1.807, 2.05) is 6.07 Å². The van der Waals surface area contributed by atoms with Gasteiger partial charge in [-0.2, -0.15) is 0 Å². The van der Waals surface area contributed by atoms with Gasteiger partial charge in [0, 0.05) is 40.5 Å². The number of likely N-dealkylation sites (N-methyl/N-ethyl adjacent to an activating group) is 2. The topological polar surface area (TPSA) is 91.7 Å². The summed E-state index contributed by atoms with van der Waals surface area (Å²) in [5, 5.41) is 20.8. The van der Waals surface area contributed by atoms with Gasteiger partial charge < -0.3 is 34.2 Å². The van der Waals surface area contributed by atoms with Gasteiger partial charge in [0.25, 0.3) is 0 Å². The first-order chi connectivity index (χ1) is 20.8. The zero-order chi connectivity index (χ0) is 29.4. The molecule has 2 N–H and O–H groups in total. The number of phenols is 1. The molecular formula is C35H42N2O6. The SMILES string of the molecule is CN1CC[C@]23c4c5ccc(O)c4O[C@H]2[C@@H](O)CC[C@H]3[C@H]1C5.COc1ccc2c3c1O[C@H]1C(=O)CC[C@H]4[C@@H](C2)N(C)CC[C@]314. The predicted octanol–water partition coefficient (Wildman–Crippen LogP) is 3.36. The number of rotatable bonds is 1. The molecular weight excluding hydrogens is 544 g/mol. The fourth-order valence-corrected chi connectivity index (χ4v) is 11.4. The summed E-state index contributed by atoms with van der Waals surface area (Å²) in [6, 6.07) is 9.09. The quantitative estimate of drug-likeness (QED) is 0.526. The molecule has 2 saturated heterocycles. The summed E-state index contributed by atoms with van der Waals surface area (Å²) < 4.78 is 17.9. The Morgan fingerprint density at radius 2 is 1.51 bits per heavy atom. The van der Waals surface area contributed by atoms with Crippen LogP contribution in [0.1, 0.15) is 60.8 Å². The number of nitrogens with zero attached hydrogens (tertiary/aromatic N) is 2. The molecule has 228 valence electrons. The van der Waals surface area contributed by atoms with Gasteiger partial charge in [-0.25, -0.2) is 0 Å². The minimum Gasteiger partial charge on any atom is -0.504 e. The lowest BCUT2D eigenvalue weighted by Gasteiger charge is -2.58. The number of carbonyl (C=O) groups excluding carboxylic acids is 1. The molecule has 0 aromatic heterocycles. The summed E-state index contributed by atoms with van der Waals surface area (Å²) in [5.74, 6) is 3.90. The second-order valence-electron chi connectivity index (χ2n) is 14.6. The van der Waals surface area contributed by atoms with Crippen molar-refractivity contribution in [2.45, 2.75) is 92.6 Å². The molecule has 0 unspecified atom stereocenters. The number of ketones is 1. The molecule has 4 fully saturated rings. The first-order valence-electron chi connectivity index (χ1n) is 16.3. The van der Waals surface area contributed by atoms with Crippen molar-refractivity contribution in [3.05, 3.63) is 46.5 Å². The Labute approximate surface area is 252 Å². The highest BCUT2D eigenvalue weighted by molar-refractivity contribution is 5.89. The van der Waals surface area contributed by atoms with Crippen LogP contribution in [0.25, 0.3) is 0 Å². The maximum absolute atomic E-state index is 12.6. The molecule has 2 saturated carbocycles. The Balaban J connectivity index is 0.000000121. The van der Waals surface area contributed by atoms with E-state index in [1.165, 1.54) is 22.3 Å². The highest BCUT2D eigenvalue weighted by Gasteiger charge is 2.66. The van der Waals surface area contributed by atoms with E-state index in [-0.39, 0.29) is 34.6 Å². The van der Waals surface area contributed by atoms with Crippen LogP contribution >= 0.6 is 0 Å². The van der Waals surface area contributed by atoms with E-state index in [0.29, 0.717) is 36.1 Å². The highest BCUT2D eigenvalue weighted by Crippen LogP contribution is 2.64. The fourth-order valence-electron chi connectivity index (χ4n) is 11.4. The van der Waals surface area contributed by atoms with E-state index in [2.05, 4.69) is 36.0 Å². The molecule has 0 amide bonds. The van der Waals surface area contributed by atoms with E-state index in [1.54, 1.807) is 13.2 Å². The maximum Gasteiger partial charge on any atom is 0.174 e. The van der Waals surface area contributed by atoms with E-state index in [4.69, 9.17) is 14.2 Å². The van der Waals surface area contributed by atoms with Crippen LogP contribution in [0.15, 0.2) is 24.3 Å². The van der Waals surface area contributed by atoms with Crippen LogP contribution < -0.4 is 14.2 Å². The number of phenolic OH excluding ortho intramolecular Hbond substituents is 1. The van der Waals surface area contributed by atoms with Crippen molar-refractivity contribution >= 4 is 5.78 Å². The molecule has 2 spiro atoms.